The van der Waals surface area contributed by atoms with Crippen LogP contribution in [0.1, 0.15) is 25.7 Å². The van der Waals surface area contributed by atoms with Crippen LogP contribution >= 0.6 is 24.2 Å². The minimum absolute atomic E-state index is 0. The van der Waals surface area contributed by atoms with Crippen molar-refractivity contribution in [2.75, 3.05) is 5.32 Å². The monoisotopic (exact) mass is 352 g/mol. The van der Waals surface area contributed by atoms with Gasteiger partial charge in [-0.3, -0.25) is 4.79 Å². The zero-order valence-corrected chi connectivity index (χ0v) is 14.6. The van der Waals surface area contributed by atoms with Gasteiger partial charge in [0.05, 0.1) is 5.54 Å². The Hall–Kier alpha value is -1.50. The second kappa shape index (κ2) is 7.38. The van der Waals surface area contributed by atoms with Crippen LogP contribution in [0.2, 0.25) is 0 Å². The fourth-order valence-electron chi connectivity index (χ4n) is 2.65. The van der Waals surface area contributed by atoms with Crippen molar-refractivity contribution < 1.29 is 4.79 Å². The van der Waals surface area contributed by atoms with E-state index in [2.05, 4.69) is 10.3 Å². The van der Waals surface area contributed by atoms with E-state index >= 15 is 0 Å². The molecule has 0 radical (unpaired) electrons. The van der Waals surface area contributed by atoms with Crippen LogP contribution < -0.4 is 11.1 Å². The van der Waals surface area contributed by atoms with Crippen LogP contribution in [0.5, 0.6) is 0 Å². The highest BCUT2D eigenvalue weighted by Crippen LogP contribution is 2.30. The second-order valence-corrected chi connectivity index (χ2v) is 6.81. The van der Waals surface area contributed by atoms with Crippen LogP contribution in [0, 0.1) is 0 Å². The van der Waals surface area contributed by atoms with Crippen molar-refractivity contribution in [1.29, 1.82) is 0 Å². The number of anilines is 1. The number of carbonyl (C=O) groups excluding carboxylic acids is 1. The number of hydrogen-bond donors (Lipinski definition) is 2. The highest BCUT2D eigenvalue weighted by atomic mass is 35.5. The van der Waals surface area contributed by atoms with E-state index in [-0.39, 0.29) is 18.3 Å². The number of carbonyl (C=O) groups is 1. The van der Waals surface area contributed by atoms with Crippen molar-refractivity contribution in [3.05, 3.63) is 36.7 Å². The molecule has 1 amide bonds. The summed E-state index contributed by atoms with van der Waals surface area (Å²) in [6.07, 6.45) is 7.29. The molecule has 1 aromatic carbocycles. The largest absolute Gasteiger partial charge is 0.329 e. The number of rotatable bonds is 4. The van der Waals surface area contributed by atoms with Gasteiger partial charge in [0.2, 0.25) is 5.91 Å². The number of hydrogen-bond acceptors (Lipinski definition) is 4. The Kier molecular flexibility index (Phi) is 5.73. The molecule has 0 spiro atoms. The summed E-state index contributed by atoms with van der Waals surface area (Å²) in [5.41, 5.74) is 6.25. The quantitative estimate of drug-likeness (QED) is 0.886. The van der Waals surface area contributed by atoms with E-state index in [0.29, 0.717) is 0 Å². The van der Waals surface area contributed by atoms with Crippen molar-refractivity contribution in [1.82, 2.24) is 9.55 Å². The Morgan fingerprint density at radius 1 is 1.30 bits per heavy atom. The molecule has 0 atom stereocenters. The lowest BCUT2D eigenvalue weighted by atomic mass is 9.98. The fourth-order valence-corrected chi connectivity index (χ4v) is 3.45. The normalized spacial score (nSPS) is 15.9. The molecule has 1 aliphatic carbocycles. The highest BCUT2D eigenvalue weighted by Gasteiger charge is 2.36. The number of aryl methyl sites for hydroxylation is 1. The van der Waals surface area contributed by atoms with E-state index in [0.717, 1.165) is 41.4 Å². The molecule has 2 aromatic rings. The summed E-state index contributed by atoms with van der Waals surface area (Å²) in [5, 5.41) is 3.86. The Morgan fingerprint density at radius 2 is 1.96 bits per heavy atom. The summed E-state index contributed by atoms with van der Waals surface area (Å²) in [5.74, 6) is -0.0745. The predicted molar refractivity (Wildman–Crippen MR) is 95.0 cm³/mol. The fraction of sp³-hybridized carbons (Fsp3) is 0.375. The topological polar surface area (TPSA) is 72.9 Å². The molecule has 1 heterocycles. The average molecular weight is 353 g/mol. The molecule has 0 saturated heterocycles. The third kappa shape index (κ3) is 4.07. The molecule has 7 heteroatoms. The number of amides is 1. The molecular weight excluding hydrogens is 332 g/mol. The van der Waals surface area contributed by atoms with Crippen molar-refractivity contribution in [3.8, 4) is 0 Å². The van der Waals surface area contributed by atoms with E-state index in [1.54, 1.807) is 18.0 Å². The number of halogens is 1. The molecule has 1 aromatic heterocycles. The summed E-state index contributed by atoms with van der Waals surface area (Å²) >= 11 is 1.59. The van der Waals surface area contributed by atoms with Gasteiger partial charge in [0.1, 0.15) is 0 Å². The molecule has 5 nitrogen and oxygen atoms in total. The van der Waals surface area contributed by atoms with Gasteiger partial charge in [0.15, 0.2) is 5.16 Å². The molecule has 23 heavy (non-hydrogen) atoms. The lowest BCUT2D eigenvalue weighted by Gasteiger charge is -2.22. The Balaban J connectivity index is 0.00000192. The van der Waals surface area contributed by atoms with Gasteiger partial charge >= 0.3 is 0 Å². The van der Waals surface area contributed by atoms with Crippen LogP contribution in [-0.2, 0) is 11.8 Å². The summed E-state index contributed by atoms with van der Waals surface area (Å²) in [6, 6.07) is 7.77. The number of nitrogens with one attached hydrogen (secondary N) is 1. The van der Waals surface area contributed by atoms with Crippen LogP contribution in [0.15, 0.2) is 46.7 Å². The van der Waals surface area contributed by atoms with Crippen LogP contribution in [0.25, 0.3) is 0 Å². The van der Waals surface area contributed by atoms with Gasteiger partial charge in [0.25, 0.3) is 0 Å². The van der Waals surface area contributed by atoms with E-state index in [1.807, 2.05) is 42.1 Å². The van der Waals surface area contributed by atoms with Crippen molar-refractivity contribution in [2.45, 2.75) is 41.3 Å². The van der Waals surface area contributed by atoms with E-state index in [4.69, 9.17) is 5.73 Å². The van der Waals surface area contributed by atoms with Crippen LogP contribution in [-0.4, -0.2) is 21.0 Å². The summed E-state index contributed by atoms with van der Waals surface area (Å²) < 4.78 is 1.97. The molecule has 1 saturated carbocycles. The maximum atomic E-state index is 12.3. The van der Waals surface area contributed by atoms with Gasteiger partial charge in [0, 0.05) is 30.0 Å². The molecule has 0 bridgehead atoms. The molecule has 1 fully saturated rings. The first-order chi connectivity index (χ1) is 10.6. The molecule has 1 aliphatic rings. The first kappa shape index (κ1) is 17.8. The van der Waals surface area contributed by atoms with Crippen molar-refractivity contribution in [2.24, 2.45) is 12.8 Å². The van der Waals surface area contributed by atoms with E-state index in [1.165, 1.54) is 0 Å². The number of nitrogens with zero attached hydrogens (tertiary/aromatic N) is 2. The molecule has 0 aliphatic heterocycles. The smallest absolute Gasteiger partial charge is 0.244 e. The minimum atomic E-state index is -0.694. The zero-order valence-electron chi connectivity index (χ0n) is 13.0. The van der Waals surface area contributed by atoms with Gasteiger partial charge in [-0.2, -0.15) is 0 Å². The summed E-state index contributed by atoms with van der Waals surface area (Å²) in [7, 11) is 1.96. The SMILES string of the molecule is Cl.Cn1ccnc1Sc1ccc(NC(=O)C2(N)CCCC2)cc1. The van der Waals surface area contributed by atoms with Crippen molar-refractivity contribution in [3.63, 3.8) is 0 Å². The Labute approximate surface area is 146 Å². The number of imidazole rings is 1. The van der Waals surface area contributed by atoms with Crippen LogP contribution in [0.3, 0.4) is 0 Å². The predicted octanol–water partition coefficient (Wildman–Crippen LogP) is 3.20. The molecule has 3 N–H and O–H groups in total. The maximum absolute atomic E-state index is 12.3. The molecule has 0 unspecified atom stereocenters. The van der Waals surface area contributed by atoms with Crippen molar-refractivity contribution >= 4 is 35.8 Å². The Morgan fingerprint density at radius 3 is 2.52 bits per heavy atom. The van der Waals surface area contributed by atoms with Gasteiger partial charge in [-0.15, -0.1) is 12.4 Å². The highest BCUT2D eigenvalue weighted by molar-refractivity contribution is 7.99. The van der Waals surface area contributed by atoms with Gasteiger partial charge in [-0.1, -0.05) is 24.6 Å². The zero-order chi connectivity index (χ0) is 15.6. The minimum Gasteiger partial charge on any atom is -0.329 e. The van der Waals surface area contributed by atoms with Gasteiger partial charge < -0.3 is 15.6 Å². The third-order valence-corrected chi connectivity index (χ3v) is 5.13. The summed E-state index contributed by atoms with van der Waals surface area (Å²) in [4.78, 5) is 17.6. The van der Waals surface area contributed by atoms with Gasteiger partial charge in [-0.25, -0.2) is 4.98 Å². The number of benzene rings is 1. The second-order valence-electron chi connectivity index (χ2n) is 5.76. The first-order valence-electron chi connectivity index (χ1n) is 7.42. The number of nitrogens with two attached hydrogens (primary N) is 1. The molecular formula is C16H21ClN4OS. The summed E-state index contributed by atoms with van der Waals surface area (Å²) in [6.45, 7) is 0. The molecule has 3 rings (SSSR count). The first-order valence-corrected chi connectivity index (χ1v) is 8.24. The lowest BCUT2D eigenvalue weighted by Crippen LogP contribution is -2.48. The standard InChI is InChI=1S/C16H20N4OS.ClH/c1-20-11-10-18-15(20)22-13-6-4-12(5-7-13)19-14(21)16(17)8-2-3-9-16;/h4-7,10-11H,2-3,8-9,17H2,1H3,(H,19,21);1H. The van der Waals surface area contributed by atoms with E-state index in [9.17, 15) is 4.79 Å². The third-order valence-electron chi connectivity index (χ3n) is 4.05. The Bertz CT molecular complexity index is 665. The number of aromatic nitrogens is 2. The van der Waals surface area contributed by atoms with Crippen LogP contribution in [0.4, 0.5) is 5.69 Å². The van der Waals surface area contributed by atoms with E-state index < -0.39 is 5.54 Å². The average Bonchev–Trinajstić information content (AvgIpc) is 3.11. The molecule has 124 valence electrons. The maximum Gasteiger partial charge on any atom is 0.244 e. The van der Waals surface area contributed by atoms with Gasteiger partial charge in [-0.05, 0) is 37.1 Å². The lowest BCUT2D eigenvalue weighted by molar-refractivity contribution is -0.121.